The highest BCUT2D eigenvalue weighted by Gasteiger charge is 2.41. The topological polar surface area (TPSA) is 23.8 Å². The van der Waals surface area contributed by atoms with E-state index in [1.54, 1.807) is 0 Å². The smallest absolute Gasteiger partial charge is 0.0991 e. The minimum absolute atomic E-state index is 0.625. The molecule has 0 radical (unpaired) electrons. The molecule has 0 amide bonds. The molecule has 2 saturated carbocycles. The number of nitrogens with zero attached hydrogens (tertiary/aromatic N) is 1. The first-order valence-corrected chi connectivity index (χ1v) is 10.7. The fourth-order valence-corrected chi connectivity index (χ4v) is 5.88. The van der Waals surface area contributed by atoms with Crippen LogP contribution in [0.4, 0.5) is 0 Å². The highest BCUT2D eigenvalue weighted by Crippen LogP contribution is 2.54. The second kappa shape index (κ2) is 8.39. The molecule has 3 rings (SSSR count). The predicted molar refractivity (Wildman–Crippen MR) is 105 cm³/mol. The Morgan fingerprint density at radius 3 is 2.12 bits per heavy atom. The van der Waals surface area contributed by atoms with Crippen molar-refractivity contribution in [1.29, 1.82) is 5.26 Å². The van der Waals surface area contributed by atoms with Crippen molar-refractivity contribution in [2.24, 2.45) is 17.3 Å². The average molecular weight is 338 g/mol. The molecule has 1 nitrogen and oxygen atoms in total. The lowest BCUT2D eigenvalue weighted by atomic mass is 9.57. The SMILES string of the molecule is CCCC1CCC(C2(CC)CCC(c3ccc(C#N)cc3)CC2)CC1. The first-order valence-electron chi connectivity index (χ1n) is 10.7. The highest BCUT2D eigenvalue weighted by atomic mass is 14.5. The molecule has 0 aromatic heterocycles. The van der Waals surface area contributed by atoms with Crippen LogP contribution in [0.2, 0.25) is 0 Å². The molecule has 2 aliphatic carbocycles. The fourth-order valence-electron chi connectivity index (χ4n) is 5.88. The summed E-state index contributed by atoms with van der Waals surface area (Å²) < 4.78 is 0. The summed E-state index contributed by atoms with van der Waals surface area (Å²) in [5.41, 5.74) is 2.86. The van der Waals surface area contributed by atoms with Gasteiger partial charge in [-0.15, -0.1) is 0 Å². The third-order valence-corrected chi connectivity index (χ3v) is 7.61. The van der Waals surface area contributed by atoms with Crippen LogP contribution in [-0.2, 0) is 0 Å². The highest BCUT2D eigenvalue weighted by molar-refractivity contribution is 5.33. The lowest BCUT2D eigenvalue weighted by Gasteiger charge is -2.48. The molecule has 0 saturated heterocycles. The van der Waals surface area contributed by atoms with Gasteiger partial charge in [-0.25, -0.2) is 0 Å². The van der Waals surface area contributed by atoms with Crippen molar-refractivity contribution in [3.05, 3.63) is 35.4 Å². The Hall–Kier alpha value is -1.29. The lowest BCUT2D eigenvalue weighted by Crippen LogP contribution is -2.36. The van der Waals surface area contributed by atoms with Gasteiger partial charge >= 0.3 is 0 Å². The molecule has 0 N–H and O–H groups in total. The second-order valence-electron chi connectivity index (χ2n) is 8.73. The number of hydrogen-bond acceptors (Lipinski definition) is 1. The molecule has 1 heteroatoms. The summed E-state index contributed by atoms with van der Waals surface area (Å²) in [6.45, 7) is 4.78. The standard InChI is InChI=1S/C24H35N/c1-3-5-19-8-12-23(13-9-19)24(4-2)16-14-22(15-17-24)21-10-6-20(18-25)7-11-21/h6-7,10-11,19,22-23H,3-5,8-9,12-17H2,1-2H3. The average Bonchev–Trinajstić information content (AvgIpc) is 2.69. The maximum atomic E-state index is 8.99. The van der Waals surface area contributed by atoms with E-state index < -0.39 is 0 Å². The zero-order chi connectivity index (χ0) is 17.7. The van der Waals surface area contributed by atoms with Crippen LogP contribution in [0.5, 0.6) is 0 Å². The monoisotopic (exact) mass is 337 g/mol. The van der Waals surface area contributed by atoms with Gasteiger partial charge in [-0.2, -0.15) is 5.26 Å². The van der Waals surface area contributed by atoms with Crippen molar-refractivity contribution in [3.63, 3.8) is 0 Å². The van der Waals surface area contributed by atoms with Gasteiger partial charge in [0.05, 0.1) is 11.6 Å². The first-order chi connectivity index (χ1) is 12.2. The summed E-state index contributed by atoms with van der Waals surface area (Å²) in [4.78, 5) is 0. The summed E-state index contributed by atoms with van der Waals surface area (Å²) in [7, 11) is 0. The minimum Gasteiger partial charge on any atom is -0.192 e. The lowest BCUT2D eigenvalue weighted by molar-refractivity contribution is 0.0439. The van der Waals surface area contributed by atoms with Crippen LogP contribution < -0.4 is 0 Å². The van der Waals surface area contributed by atoms with E-state index >= 15 is 0 Å². The van der Waals surface area contributed by atoms with E-state index in [1.807, 2.05) is 12.1 Å². The third kappa shape index (κ3) is 4.11. The Bertz CT molecular complexity index is 563. The van der Waals surface area contributed by atoms with Gasteiger partial charge in [0.15, 0.2) is 0 Å². The molecule has 0 bridgehead atoms. The van der Waals surface area contributed by atoms with Crippen LogP contribution in [-0.4, -0.2) is 0 Å². The molecule has 0 aliphatic heterocycles. The van der Waals surface area contributed by atoms with Gasteiger partial charge in [-0.05, 0) is 79.4 Å². The van der Waals surface area contributed by atoms with Gasteiger partial charge in [0.1, 0.15) is 0 Å². The van der Waals surface area contributed by atoms with E-state index in [9.17, 15) is 0 Å². The largest absolute Gasteiger partial charge is 0.192 e. The summed E-state index contributed by atoms with van der Waals surface area (Å²) in [5, 5.41) is 8.99. The van der Waals surface area contributed by atoms with E-state index in [1.165, 1.54) is 76.2 Å². The Morgan fingerprint density at radius 2 is 1.60 bits per heavy atom. The van der Waals surface area contributed by atoms with E-state index in [2.05, 4.69) is 32.0 Å². The third-order valence-electron chi connectivity index (χ3n) is 7.61. The molecule has 0 atom stereocenters. The molecule has 0 heterocycles. The molecule has 2 fully saturated rings. The van der Waals surface area contributed by atoms with Crippen molar-refractivity contribution >= 4 is 0 Å². The zero-order valence-corrected chi connectivity index (χ0v) is 16.3. The molecule has 2 aliphatic rings. The summed E-state index contributed by atoms with van der Waals surface area (Å²) in [6, 6.07) is 10.6. The van der Waals surface area contributed by atoms with Crippen molar-refractivity contribution in [3.8, 4) is 6.07 Å². The van der Waals surface area contributed by atoms with Crippen LogP contribution in [0.15, 0.2) is 24.3 Å². The first kappa shape index (κ1) is 18.5. The number of rotatable bonds is 5. The molecule has 1 aromatic carbocycles. The molecular formula is C24H35N. The number of hydrogen-bond donors (Lipinski definition) is 0. The van der Waals surface area contributed by atoms with Gasteiger partial charge in [0.25, 0.3) is 0 Å². The minimum atomic E-state index is 0.625. The maximum Gasteiger partial charge on any atom is 0.0991 e. The Labute approximate surface area is 154 Å². The van der Waals surface area contributed by atoms with E-state index in [0.717, 1.165) is 17.4 Å². The Balaban J connectivity index is 1.59. The van der Waals surface area contributed by atoms with Crippen molar-refractivity contribution in [1.82, 2.24) is 0 Å². The Morgan fingerprint density at radius 1 is 0.960 bits per heavy atom. The summed E-state index contributed by atoms with van der Waals surface area (Å²) >= 11 is 0. The second-order valence-corrected chi connectivity index (χ2v) is 8.73. The molecule has 25 heavy (non-hydrogen) atoms. The fraction of sp³-hybridized carbons (Fsp3) is 0.708. The molecule has 136 valence electrons. The van der Waals surface area contributed by atoms with Crippen LogP contribution in [0.1, 0.15) is 102 Å². The van der Waals surface area contributed by atoms with Crippen molar-refractivity contribution in [2.75, 3.05) is 0 Å². The zero-order valence-electron chi connectivity index (χ0n) is 16.3. The van der Waals surface area contributed by atoms with Crippen molar-refractivity contribution < 1.29 is 0 Å². The molecule has 0 unspecified atom stereocenters. The number of benzene rings is 1. The van der Waals surface area contributed by atoms with Crippen LogP contribution in [0.25, 0.3) is 0 Å². The van der Waals surface area contributed by atoms with Crippen LogP contribution >= 0.6 is 0 Å². The van der Waals surface area contributed by atoms with E-state index in [-0.39, 0.29) is 0 Å². The van der Waals surface area contributed by atoms with Crippen LogP contribution in [0.3, 0.4) is 0 Å². The Kier molecular flexibility index (Phi) is 6.21. The molecule has 0 spiro atoms. The maximum absolute atomic E-state index is 8.99. The predicted octanol–water partition coefficient (Wildman–Crippen LogP) is 7.22. The van der Waals surface area contributed by atoms with Gasteiger partial charge in [0, 0.05) is 0 Å². The summed E-state index contributed by atoms with van der Waals surface area (Å²) in [6.07, 6.45) is 15.6. The van der Waals surface area contributed by atoms with Gasteiger partial charge in [0.2, 0.25) is 0 Å². The van der Waals surface area contributed by atoms with Crippen LogP contribution in [0, 0.1) is 28.6 Å². The van der Waals surface area contributed by atoms with Gasteiger partial charge < -0.3 is 0 Å². The van der Waals surface area contributed by atoms with Crippen molar-refractivity contribution in [2.45, 2.75) is 90.4 Å². The van der Waals surface area contributed by atoms with Gasteiger partial charge in [-0.3, -0.25) is 0 Å². The van der Waals surface area contributed by atoms with E-state index in [4.69, 9.17) is 5.26 Å². The number of nitriles is 1. The van der Waals surface area contributed by atoms with Gasteiger partial charge in [-0.1, -0.05) is 58.1 Å². The van der Waals surface area contributed by atoms with E-state index in [0.29, 0.717) is 11.3 Å². The molecular weight excluding hydrogens is 302 g/mol. The normalized spacial score (nSPS) is 32.9. The molecule has 1 aromatic rings. The quantitative estimate of drug-likeness (QED) is 0.556. The summed E-state index contributed by atoms with van der Waals surface area (Å²) in [5.74, 6) is 2.71.